The van der Waals surface area contributed by atoms with Crippen LogP contribution in [0.5, 0.6) is 0 Å². The minimum absolute atomic E-state index is 0.0932. The van der Waals surface area contributed by atoms with Crippen LogP contribution in [0.15, 0.2) is 53.7 Å². The lowest BCUT2D eigenvalue weighted by Crippen LogP contribution is -2.49. The summed E-state index contributed by atoms with van der Waals surface area (Å²) in [6, 6.07) is 9.47. The van der Waals surface area contributed by atoms with Crippen LogP contribution in [0.3, 0.4) is 0 Å². The fraction of sp³-hybridized carbons (Fsp3) is 0.200. The van der Waals surface area contributed by atoms with E-state index < -0.39 is 26.6 Å². The van der Waals surface area contributed by atoms with Crippen LogP contribution >= 0.6 is 11.6 Å². The van der Waals surface area contributed by atoms with Gasteiger partial charge in [-0.1, -0.05) is 16.8 Å². The molecule has 0 unspecified atom stereocenters. The largest absolute Gasteiger partial charge is 0.352 e. The Morgan fingerprint density at radius 2 is 1.67 bits per heavy atom. The summed E-state index contributed by atoms with van der Waals surface area (Å²) in [6.07, 6.45) is 1.39. The van der Waals surface area contributed by atoms with Crippen LogP contribution in [-0.2, 0) is 10.0 Å². The van der Waals surface area contributed by atoms with Gasteiger partial charge >= 0.3 is 0 Å². The van der Waals surface area contributed by atoms with Crippen LogP contribution < -0.4 is 4.90 Å². The van der Waals surface area contributed by atoms with Crippen molar-refractivity contribution in [1.82, 2.24) is 29.3 Å². The normalized spacial score (nSPS) is 15.3. The standard InChI is InChI=1S/C20H16ClF2N7O2S/c21-13-1-4-15(5-2-13)30-20-18(26-27-30)19(24-12-25-20)28-7-9-29(10-8-28)33(31,32)17-6-3-14(22)11-16(17)23/h1-6,11-12H,7-10H2. The third-order valence-electron chi connectivity index (χ3n) is 5.34. The van der Waals surface area contributed by atoms with Crippen molar-refractivity contribution in [1.29, 1.82) is 0 Å². The first kappa shape index (κ1) is 21.6. The minimum Gasteiger partial charge on any atom is -0.352 e. The average Bonchev–Trinajstić information content (AvgIpc) is 3.24. The number of piperazine rings is 1. The summed E-state index contributed by atoms with van der Waals surface area (Å²) in [5.41, 5.74) is 1.68. The maximum atomic E-state index is 14.1. The van der Waals surface area contributed by atoms with Crippen LogP contribution in [0, 0.1) is 11.6 Å². The molecule has 170 valence electrons. The summed E-state index contributed by atoms with van der Waals surface area (Å²) in [5.74, 6) is -1.44. The molecule has 1 fully saturated rings. The Kier molecular flexibility index (Phi) is 5.43. The molecule has 1 aliphatic heterocycles. The number of hydrogen-bond acceptors (Lipinski definition) is 7. The molecular weight excluding hydrogens is 476 g/mol. The Morgan fingerprint density at radius 3 is 2.36 bits per heavy atom. The van der Waals surface area contributed by atoms with E-state index in [-0.39, 0.29) is 13.1 Å². The van der Waals surface area contributed by atoms with Gasteiger partial charge in [-0.05, 0) is 36.4 Å². The molecular formula is C20H16ClF2N7O2S. The average molecular weight is 492 g/mol. The number of aromatic nitrogens is 5. The van der Waals surface area contributed by atoms with Gasteiger partial charge < -0.3 is 4.90 Å². The topological polar surface area (TPSA) is 97.1 Å². The SMILES string of the molecule is O=S(=O)(c1ccc(F)cc1F)N1CCN(c2ncnc3c2nnn3-c2ccc(Cl)cc2)CC1. The molecule has 1 saturated heterocycles. The molecule has 0 atom stereocenters. The molecule has 0 spiro atoms. The third-order valence-corrected chi connectivity index (χ3v) is 7.52. The number of hydrogen-bond donors (Lipinski definition) is 0. The number of sulfonamides is 1. The van der Waals surface area contributed by atoms with Crippen LogP contribution in [-0.4, -0.2) is 63.9 Å². The molecule has 0 radical (unpaired) electrons. The van der Waals surface area contributed by atoms with E-state index in [9.17, 15) is 17.2 Å². The van der Waals surface area contributed by atoms with Gasteiger partial charge in [0.2, 0.25) is 10.0 Å². The molecule has 0 saturated carbocycles. The molecule has 13 heteroatoms. The second-order valence-corrected chi connectivity index (χ2v) is 9.66. The highest BCUT2D eigenvalue weighted by Crippen LogP contribution is 2.26. The van der Waals surface area contributed by atoms with E-state index in [1.54, 1.807) is 28.9 Å². The lowest BCUT2D eigenvalue weighted by atomic mass is 10.3. The minimum atomic E-state index is -4.10. The van der Waals surface area contributed by atoms with Gasteiger partial charge in [0.05, 0.1) is 5.69 Å². The molecule has 9 nitrogen and oxygen atoms in total. The van der Waals surface area contributed by atoms with Gasteiger partial charge in [-0.2, -0.15) is 8.99 Å². The van der Waals surface area contributed by atoms with E-state index in [0.29, 0.717) is 41.2 Å². The van der Waals surface area contributed by atoms with Crippen molar-refractivity contribution in [3.63, 3.8) is 0 Å². The molecule has 0 aliphatic carbocycles. The second kappa shape index (κ2) is 8.28. The molecule has 2 aromatic heterocycles. The number of benzene rings is 2. The Bertz CT molecular complexity index is 1440. The zero-order chi connectivity index (χ0) is 23.2. The molecule has 2 aromatic carbocycles. The van der Waals surface area contributed by atoms with Crippen LogP contribution in [0.4, 0.5) is 14.6 Å². The van der Waals surface area contributed by atoms with E-state index in [0.717, 1.165) is 17.8 Å². The smallest absolute Gasteiger partial charge is 0.246 e. The highest BCUT2D eigenvalue weighted by atomic mass is 35.5. The van der Waals surface area contributed by atoms with Crippen molar-refractivity contribution < 1.29 is 17.2 Å². The van der Waals surface area contributed by atoms with Gasteiger partial charge in [-0.15, -0.1) is 5.10 Å². The van der Waals surface area contributed by atoms with Crippen LogP contribution in [0.1, 0.15) is 0 Å². The van der Waals surface area contributed by atoms with E-state index in [1.165, 1.54) is 10.6 Å². The van der Waals surface area contributed by atoms with Crippen molar-refractivity contribution in [2.24, 2.45) is 0 Å². The van der Waals surface area contributed by atoms with Crippen molar-refractivity contribution in [3.8, 4) is 5.69 Å². The Hall–Kier alpha value is -3.22. The zero-order valence-corrected chi connectivity index (χ0v) is 18.5. The summed E-state index contributed by atoms with van der Waals surface area (Å²) in [7, 11) is -4.10. The molecule has 4 aromatic rings. The highest BCUT2D eigenvalue weighted by Gasteiger charge is 2.32. The summed E-state index contributed by atoms with van der Waals surface area (Å²) in [6.45, 7) is 0.774. The zero-order valence-electron chi connectivity index (χ0n) is 16.9. The number of fused-ring (bicyclic) bond motifs is 1. The maximum Gasteiger partial charge on any atom is 0.246 e. The monoisotopic (exact) mass is 491 g/mol. The van der Waals surface area contributed by atoms with E-state index in [1.807, 2.05) is 4.90 Å². The summed E-state index contributed by atoms with van der Waals surface area (Å²) < 4.78 is 55.7. The van der Waals surface area contributed by atoms with Gasteiger partial charge in [0, 0.05) is 37.3 Å². The number of anilines is 1. The maximum absolute atomic E-state index is 14.1. The van der Waals surface area contributed by atoms with Crippen molar-refractivity contribution >= 4 is 38.6 Å². The number of halogens is 3. The predicted molar refractivity (Wildman–Crippen MR) is 117 cm³/mol. The quantitative estimate of drug-likeness (QED) is 0.433. The first-order valence-corrected chi connectivity index (χ1v) is 11.7. The van der Waals surface area contributed by atoms with E-state index in [4.69, 9.17) is 11.6 Å². The third kappa shape index (κ3) is 3.90. The van der Waals surface area contributed by atoms with E-state index >= 15 is 0 Å². The summed E-state index contributed by atoms with van der Waals surface area (Å²) in [4.78, 5) is 9.95. The Labute approximate surface area is 192 Å². The van der Waals surface area contributed by atoms with Gasteiger partial charge in [-0.25, -0.2) is 27.2 Å². The van der Waals surface area contributed by atoms with Crippen LogP contribution in [0.2, 0.25) is 5.02 Å². The molecule has 1 aliphatic rings. The van der Waals surface area contributed by atoms with Gasteiger partial charge in [-0.3, -0.25) is 0 Å². The van der Waals surface area contributed by atoms with E-state index in [2.05, 4.69) is 20.3 Å². The summed E-state index contributed by atoms with van der Waals surface area (Å²) >= 11 is 5.95. The molecule has 0 N–H and O–H groups in total. The molecule has 3 heterocycles. The van der Waals surface area contributed by atoms with Gasteiger partial charge in [0.15, 0.2) is 17.0 Å². The summed E-state index contributed by atoms with van der Waals surface area (Å²) in [5, 5.41) is 8.99. The molecule has 0 amide bonds. The van der Waals surface area contributed by atoms with Gasteiger partial charge in [0.25, 0.3) is 0 Å². The lowest BCUT2D eigenvalue weighted by molar-refractivity contribution is 0.381. The van der Waals surface area contributed by atoms with Crippen LogP contribution in [0.25, 0.3) is 16.9 Å². The van der Waals surface area contributed by atoms with Gasteiger partial charge in [0.1, 0.15) is 22.9 Å². The fourth-order valence-electron chi connectivity index (χ4n) is 3.69. The Balaban J connectivity index is 1.39. The first-order chi connectivity index (χ1) is 15.8. The Morgan fingerprint density at radius 1 is 0.939 bits per heavy atom. The van der Waals surface area contributed by atoms with Crippen molar-refractivity contribution in [2.45, 2.75) is 4.90 Å². The number of rotatable bonds is 4. The predicted octanol–water partition coefficient (Wildman–Crippen LogP) is 2.65. The molecule has 0 bridgehead atoms. The number of nitrogens with zero attached hydrogens (tertiary/aromatic N) is 7. The van der Waals surface area contributed by atoms with Crippen molar-refractivity contribution in [3.05, 3.63) is 65.4 Å². The second-order valence-electron chi connectivity index (χ2n) is 7.31. The van der Waals surface area contributed by atoms with Crippen molar-refractivity contribution in [2.75, 3.05) is 31.1 Å². The highest BCUT2D eigenvalue weighted by molar-refractivity contribution is 7.89. The lowest BCUT2D eigenvalue weighted by Gasteiger charge is -2.34. The molecule has 33 heavy (non-hydrogen) atoms. The first-order valence-electron chi connectivity index (χ1n) is 9.87. The fourth-order valence-corrected chi connectivity index (χ4v) is 5.28. The molecule has 5 rings (SSSR count).